The molecule has 1 aromatic rings. The number of benzene rings is 1. The summed E-state index contributed by atoms with van der Waals surface area (Å²) in [7, 11) is 0. The number of esters is 1. The van der Waals surface area contributed by atoms with E-state index in [1.54, 1.807) is 6.92 Å². The van der Waals surface area contributed by atoms with Crippen molar-refractivity contribution in [1.29, 1.82) is 0 Å². The Morgan fingerprint density at radius 2 is 1.92 bits per heavy atom. The van der Waals surface area contributed by atoms with Gasteiger partial charge in [0.1, 0.15) is 6.04 Å². The fourth-order valence-corrected chi connectivity index (χ4v) is 3.35. The zero-order valence-corrected chi connectivity index (χ0v) is 13.2. The maximum atomic E-state index is 13.3. The lowest BCUT2D eigenvalue weighted by molar-refractivity contribution is -0.153. The minimum absolute atomic E-state index is 0.208. The smallest absolute Gasteiger partial charge is 0.328 e. The molecule has 1 aromatic carbocycles. The van der Waals surface area contributed by atoms with Crippen LogP contribution in [0, 0.1) is 23.4 Å². The van der Waals surface area contributed by atoms with Gasteiger partial charge in [0.2, 0.25) is 5.91 Å². The lowest BCUT2D eigenvalue weighted by atomic mass is 10.1. The molecule has 1 aliphatic carbocycles. The number of likely N-dealkylation sites (tertiary alicyclic amines) is 1. The molecular weight excluding hydrogens is 323 g/mol. The summed E-state index contributed by atoms with van der Waals surface area (Å²) in [4.78, 5) is 26.0. The van der Waals surface area contributed by atoms with Crippen LogP contribution < -0.4 is 0 Å². The molecule has 0 radical (unpaired) electrons. The van der Waals surface area contributed by atoms with E-state index in [0.29, 0.717) is 25.8 Å². The summed E-state index contributed by atoms with van der Waals surface area (Å²) in [6.07, 6.45) is 1.71. The Morgan fingerprint density at radius 1 is 1.25 bits per heavy atom. The molecule has 0 N–H and O–H groups in total. The normalized spacial score (nSPS) is 25.7. The number of hydrogen-bond acceptors (Lipinski definition) is 3. The van der Waals surface area contributed by atoms with Crippen molar-refractivity contribution < 1.29 is 27.5 Å². The number of ether oxygens (including phenoxy) is 1. The van der Waals surface area contributed by atoms with Gasteiger partial charge in [-0.05, 0) is 49.8 Å². The van der Waals surface area contributed by atoms with Crippen LogP contribution in [0.3, 0.4) is 0 Å². The van der Waals surface area contributed by atoms with Crippen LogP contribution in [-0.2, 0) is 14.3 Å². The van der Waals surface area contributed by atoms with Gasteiger partial charge < -0.3 is 9.64 Å². The average Bonchev–Trinajstić information content (AvgIpc) is 3.19. The maximum Gasteiger partial charge on any atom is 0.328 e. The minimum Gasteiger partial charge on any atom is -0.464 e. The van der Waals surface area contributed by atoms with E-state index in [2.05, 4.69) is 0 Å². The number of nitrogens with zero attached hydrogens (tertiary/aromatic N) is 1. The van der Waals surface area contributed by atoms with E-state index in [0.717, 1.165) is 12.1 Å². The second kappa shape index (κ2) is 6.45. The highest BCUT2D eigenvalue weighted by Crippen LogP contribution is 2.49. The van der Waals surface area contributed by atoms with Crippen molar-refractivity contribution in [3.05, 3.63) is 35.1 Å². The highest BCUT2D eigenvalue weighted by atomic mass is 19.2. The predicted octanol–water partition coefficient (Wildman–Crippen LogP) is 2.76. The van der Waals surface area contributed by atoms with Crippen molar-refractivity contribution >= 4 is 11.9 Å². The van der Waals surface area contributed by atoms with Crippen molar-refractivity contribution in [3.8, 4) is 0 Å². The number of hydrogen-bond donors (Lipinski definition) is 0. The number of carbonyl (C=O) groups excluding carboxylic acids is 2. The topological polar surface area (TPSA) is 46.6 Å². The fourth-order valence-electron chi connectivity index (χ4n) is 3.35. The Hall–Kier alpha value is -2.05. The van der Waals surface area contributed by atoms with Gasteiger partial charge in [0, 0.05) is 12.5 Å². The molecule has 130 valence electrons. The molecule has 7 heteroatoms. The highest BCUT2D eigenvalue weighted by molar-refractivity contribution is 5.88. The van der Waals surface area contributed by atoms with Crippen molar-refractivity contribution in [2.75, 3.05) is 13.2 Å². The molecule has 0 aromatic heterocycles. The average molecular weight is 341 g/mol. The Morgan fingerprint density at radius 3 is 2.54 bits per heavy atom. The van der Waals surface area contributed by atoms with Gasteiger partial charge in [0.15, 0.2) is 17.5 Å². The first-order valence-electron chi connectivity index (χ1n) is 8.05. The first-order valence-corrected chi connectivity index (χ1v) is 8.05. The molecule has 1 saturated carbocycles. The summed E-state index contributed by atoms with van der Waals surface area (Å²) in [5.74, 6) is -5.42. The zero-order valence-electron chi connectivity index (χ0n) is 13.2. The van der Waals surface area contributed by atoms with E-state index >= 15 is 0 Å². The minimum atomic E-state index is -1.51. The van der Waals surface area contributed by atoms with E-state index < -0.39 is 35.4 Å². The van der Waals surface area contributed by atoms with E-state index in [1.807, 2.05) is 0 Å². The highest BCUT2D eigenvalue weighted by Gasteiger charge is 2.49. The van der Waals surface area contributed by atoms with E-state index in [1.165, 1.54) is 4.90 Å². The summed E-state index contributed by atoms with van der Waals surface area (Å²) in [6, 6.07) is 1.28. The lowest BCUT2D eigenvalue weighted by Gasteiger charge is -2.23. The van der Waals surface area contributed by atoms with E-state index in [4.69, 9.17) is 4.74 Å². The Balaban J connectivity index is 1.70. The second-order valence-electron chi connectivity index (χ2n) is 6.19. The fraction of sp³-hybridized carbons (Fsp3) is 0.529. The molecule has 1 amide bonds. The molecule has 1 heterocycles. The summed E-state index contributed by atoms with van der Waals surface area (Å²) >= 11 is 0. The Bertz CT molecular complexity index is 656. The van der Waals surface area contributed by atoms with E-state index in [9.17, 15) is 22.8 Å². The van der Waals surface area contributed by atoms with Crippen molar-refractivity contribution in [3.63, 3.8) is 0 Å². The molecule has 3 atom stereocenters. The molecule has 1 aliphatic heterocycles. The molecule has 0 bridgehead atoms. The molecule has 3 rings (SSSR count). The van der Waals surface area contributed by atoms with Gasteiger partial charge in [-0.15, -0.1) is 0 Å². The van der Waals surface area contributed by atoms with Crippen molar-refractivity contribution in [1.82, 2.24) is 4.90 Å². The van der Waals surface area contributed by atoms with Crippen LogP contribution in [0.15, 0.2) is 12.1 Å². The summed E-state index contributed by atoms with van der Waals surface area (Å²) in [6.45, 7) is 2.42. The summed E-state index contributed by atoms with van der Waals surface area (Å²) in [5, 5.41) is 0. The van der Waals surface area contributed by atoms with Gasteiger partial charge in [0.05, 0.1) is 6.61 Å². The first-order chi connectivity index (χ1) is 11.4. The van der Waals surface area contributed by atoms with Crippen LogP contribution in [0.2, 0.25) is 0 Å². The number of halogens is 3. The molecule has 0 spiro atoms. The van der Waals surface area contributed by atoms with Crippen molar-refractivity contribution in [2.24, 2.45) is 5.92 Å². The van der Waals surface area contributed by atoms with Gasteiger partial charge >= 0.3 is 5.97 Å². The summed E-state index contributed by atoms with van der Waals surface area (Å²) in [5.41, 5.74) is 0.275. The standard InChI is InChI=1S/C17H18F3NO3/c1-2-24-17(23)14-4-3-5-21(14)16(22)11-8-10(11)9-6-12(18)15(20)13(19)7-9/h6-7,10-11,14H,2-5,8H2,1H3/t10-,11+,14-/m1/s1. The van der Waals surface area contributed by atoms with Gasteiger partial charge in [0.25, 0.3) is 0 Å². The molecule has 1 saturated heterocycles. The number of rotatable bonds is 4. The zero-order chi connectivity index (χ0) is 17.4. The Kier molecular flexibility index (Phi) is 4.51. The second-order valence-corrected chi connectivity index (χ2v) is 6.19. The van der Waals surface area contributed by atoms with Gasteiger partial charge in [-0.2, -0.15) is 0 Å². The third-order valence-corrected chi connectivity index (χ3v) is 4.64. The van der Waals surface area contributed by atoms with Crippen LogP contribution in [0.1, 0.15) is 37.7 Å². The maximum absolute atomic E-state index is 13.3. The SMILES string of the molecule is CCOC(=O)[C@H]1CCCN1C(=O)[C@H]1C[C@@H]1c1cc(F)c(F)c(F)c1. The van der Waals surface area contributed by atoms with Gasteiger partial charge in [-0.3, -0.25) is 4.79 Å². The number of amides is 1. The predicted molar refractivity (Wildman–Crippen MR) is 78.5 cm³/mol. The van der Waals surface area contributed by atoms with Crippen LogP contribution in [0.25, 0.3) is 0 Å². The molecule has 2 aliphatic rings. The Labute approximate surface area is 137 Å². The first kappa shape index (κ1) is 16.8. The quantitative estimate of drug-likeness (QED) is 0.625. The van der Waals surface area contributed by atoms with Gasteiger partial charge in [-0.1, -0.05) is 0 Å². The monoisotopic (exact) mass is 341 g/mol. The molecular formula is C17H18F3NO3. The van der Waals surface area contributed by atoms with Gasteiger partial charge in [-0.25, -0.2) is 18.0 Å². The molecule has 4 nitrogen and oxygen atoms in total. The van der Waals surface area contributed by atoms with Crippen LogP contribution >= 0.6 is 0 Å². The third-order valence-electron chi connectivity index (χ3n) is 4.64. The largest absolute Gasteiger partial charge is 0.464 e. The number of carbonyl (C=O) groups is 2. The van der Waals surface area contributed by atoms with Crippen LogP contribution in [0.4, 0.5) is 13.2 Å². The van der Waals surface area contributed by atoms with Crippen LogP contribution in [0.5, 0.6) is 0 Å². The molecule has 0 unspecified atom stereocenters. The third kappa shape index (κ3) is 2.99. The van der Waals surface area contributed by atoms with E-state index in [-0.39, 0.29) is 24.0 Å². The lowest BCUT2D eigenvalue weighted by Crippen LogP contribution is -2.42. The molecule has 24 heavy (non-hydrogen) atoms. The van der Waals surface area contributed by atoms with Crippen LogP contribution in [-0.4, -0.2) is 36.0 Å². The summed E-state index contributed by atoms with van der Waals surface area (Å²) < 4.78 is 44.7. The molecule has 2 fully saturated rings. The van der Waals surface area contributed by atoms with Crippen molar-refractivity contribution in [2.45, 2.75) is 38.1 Å².